The zero-order valence-electron chi connectivity index (χ0n) is 32.4. The van der Waals surface area contributed by atoms with E-state index in [0.29, 0.717) is 12.8 Å². The molecule has 0 radical (unpaired) electrons. The molecule has 0 aromatic rings. The summed E-state index contributed by atoms with van der Waals surface area (Å²) >= 11 is 0. The third-order valence-corrected chi connectivity index (χ3v) is 14.3. The van der Waals surface area contributed by atoms with E-state index in [-0.39, 0.29) is 40.0 Å². The minimum atomic E-state index is -1.79. The monoisotopic (exact) mass is 718 g/mol. The van der Waals surface area contributed by atoms with E-state index < -0.39 is 72.0 Å². The molecule has 0 bridgehead atoms. The van der Waals surface area contributed by atoms with Crippen LogP contribution >= 0.6 is 0 Å². The van der Waals surface area contributed by atoms with E-state index >= 15 is 0 Å². The van der Waals surface area contributed by atoms with Gasteiger partial charge in [0, 0.05) is 25.2 Å². The lowest BCUT2D eigenvalue weighted by molar-refractivity contribution is -0.258. The topological polar surface area (TPSA) is 166 Å². The molecule has 5 rings (SSSR count). The highest BCUT2D eigenvalue weighted by Gasteiger charge is 2.66. The first-order valence-corrected chi connectivity index (χ1v) is 18.9. The van der Waals surface area contributed by atoms with Crippen LogP contribution in [0.25, 0.3) is 0 Å². The number of esters is 3. The molecule has 51 heavy (non-hydrogen) atoms. The maximum absolute atomic E-state index is 13.3. The summed E-state index contributed by atoms with van der Waals surface area (Å²) in [7, 11) is 0. The summed E-state index contributed by atoms with van der Waals surface area (Å²) in [5.74, 6) is -2.40. The Kier molecular flexibility index (Phi) is 10.4. The van der Waals surface area contributed by atoms with E-state index in [1.807, 2.05) is 0 Å². The SMILES string of the molecule is CC(=O)O[C@H]1O[C@@H](C(C)(C)O)CC[C@@H]1[C@H]1CC[C@@]2(C)C3=C(CC[C@]12C)[C@@]1(C)C[C@@H](OC(=O)C[C@@](C)(O)CC(=O)O)[C@H](OC(C)=O)C(C)(C)[C@@H]1CC3. The molecule has 4 aliphatic carbocycles. The molecule has 0 amide bonds. The first kappa shape index (κ1) is 39.7. The van der Waals surface area contributed by atoms with Gasteiger partial charge in [-0.1, -0.05) is 45.8 Å². The molecule has 5 aliphatic rings. The third-order valence-electron chi connectivity index (χ3n) is 14.3. The average molecular weight is 719 g/mol. The fraction of sp³-hybridized carbons (Fsp3) is 0.850. The summed E-state index contributed by atoms with van der Waals surface area (Å²) in [6.07, 6.45) is 3.77. The molecule has 2 saturated carbocycles. The standard InChI is InChI=1S/C40H62O11/c1-22(41)48-33-28(50-32(45)21-37(7,47)20-31(43)44)19-38(8)26-16-18-39(9)25(15-17-40(39,10)27(26)12-13-29(38)35(33,3)4)24-11-14-30(36(5,6)46)51-34(24)49-23(2)42/h24-25,28-30,33-34,46-47H,11-21H2,1-10H3,(H,43,44)/t24-,25-,28-,29+,30-,33+,34+,37+,38-,39-,40+/m1/s1. The van der Waals surface area contributed by atoms with Crippen LogP contribution < -0.4 is 0 Å². The second kappa shape index (κ2) is 13.4. The molecule has 1 saturated heterocycles. The van der Waals surface area contributed by atoms with Crippen LogP contribution in [0.4, 0.5) is 0 Å². The van der Waals surface area contributed by atoms with Crippen LogP contribution in [0, 0.1) is 39.4 Å². The molecule has 288 valence electrons. The number of rotatable bonds is 9. The molecule has 11 heteroatoms. The van der Waals surface area contributed by atoms with Gasteiger partial charge in [-0.15, -0.1) is 0 Å². The number of fused-ring (bicyclic) bond motifs is 4. The summed E-state index contributed by atoms with van der Waals surface area (Å²) in [5.41, 5.74) is -1.08. The largest absolute Gasteiger partial charge is 0.481 e. The number of carbonyl (C=O) groups excluding carboxylic acids is 3. The number of carboxylic acids is 1. The molecule has 11 nitrogen and oxygen atoms in total. The number of aliphatic carboxylic acids is 1. The normalized spacial score (nSPS) is 40.2. The highest BCUT2D eigenvalue weighted by Crippen LogP contribution is 2.73. The second-order valence-electron chi connectivity index (χ2n) is 18.7. The Morgan fingerprint density at radius 2 is 1.47 bits per heavy atom. The molecule has 1 heterocycles. The Hall–Kier alpha value is -2.50. The Morgan fingerprint density at radius 3 is 2.06 bits per heavy atom. The maximum atomic E-state index is 13.3. The lowest BCUT2D eigenvalue weighted by Crippen LogP contribution is -2.61. The first-order chi connectivity index (χ1) is 23.4. The predicted molar refractivity (Wildman–Crippen MR) is 187 cm³/mol. The van der Waals surface area contributed by atoms with Crippen molar-refractivity contribution in [2.45, 2.75) is 176 Å². The van der Waals surface area contributed by atoms with Crippen molar-refractivity contribution in [3.63, 3.8) is 0 Å². The summed E-state index contributed by atoms with van der Waals surface area (Å²) < 4.78 is 24.2. The third kappa shape index (κ3) is 7.12. The van der Waals surface area contributed by atoms with Crippen LogP contribution in [0.15, 0.2) is 11.1 Å². The van der Waals surface area contributed by atoms with Crippen molar-refractivity contribution in [3.05, 3.63) is 11.1 Å². The molecule has 0 spiro atoms. The molecule has 1 aliphatic heterocycles. The van der Waals surface area contributed by atoms with E-state index in [1.54, 1.807) is 13.8 Å². The second-order valence-corrected chi connectivity index (χ2v) is 18.7. The van der Waals surface area contributed by atoms with E-state index in [2.05, 4.69) is 34.6 Å². The zero-order chi connectivity index (χ0) is 38.1. The number of carboxylic acid groups (broad SMARTS) is 1. The lowest BCUT2D eigenvalue weighted by Gasteiger charge is -2.63. The van der Waals surface area contributed by atoms with Gasteiger partial charge in [0.2, 0.25) is 6.29 Å². The van der Waals surface area contributed by atoms with Gasteiger partial charge in [0.05, 0.1) is 30.1 Å². The van der Waals surface area contributed by atoms with Crippen LogP contribution in [0.2, 0.25) is 0 Å². The molecule has 3 N–H and O–H groups in total. The van der Waals surface area contributed by atoms with Crippen LogP contribution in [-0.2, 0) is 38.1 Å². The van der Waals surface area contributed by atoms with Crippen LogP contribution in [0.3, 0.4) is 0 Å². The number of aliphatic hydroxyl groups is 2. The van der Waals surface area contributed by atoms with E-state index in [9.17, 15) is 34.5 Å². The van der Waals surface area contributed by atoms with Gasteiger partial charge in [-0.25, -0.2) is 0 Å². The Morgan fingerprint density at radius 1 is 0.824 bits per heavy atom. The number of ether oxygens (including phenoxy) is 4. The van der Waals surface area contributed by atoms with Gasteiger partial charge < -0.3 is 34.3 Å². The number of hydrogen-bond acceptors (Lipinski definition) is 10. The smallest absolute Gasteiger partial charge is 0.309 e. The summed E-state index contributed by atoms with van der Waals surface area (Å²) in [6.45, 7) is 18.8. The van der Waals surface area contributed by atoms with Crippen molar-refractivity contribution in [1.82, 2.24) is 0 Å². The molecule has 11 atom stereocenters. The first-order valence-electron chi connectivity index (χ1n) is 18.9. The number of carbonyl (C=O) groups is 4. The molecule has 0 unspecified atom stereocenters. The van der Waals surface area contributed by atoms with Crippen molar-refractivity contribution < 1.29 is 53.4 Å². The van der Waals surface area contributed by atoms with Crippen molar-refractivity contribution in [1.29, 1.82) is 0 Å². The van der Waals surface area contributed by atoms with Crippen molar-refractivity contribution in [2.75, 3.05) is 0 Å². The van der Waals surface area contributed by atoms with Crippen molar-refractivity contribution in [2.24, 2.45) is 39.4 Å². The molecule has 3 fully saturated rings. The van der Waals surface area contributed by atoms with E-state index in [4.69, 9.17) is 18.9 Å². The van der Waals surface area contributed by atoms with Gasteiger partial charge in [0.1, 0.15) is 12.2 Å². The molecular weight excluding hydrogens is 656 g/mol. The quantitative estimate of drug-likeness (QED) is 0.140. The van der Waals surface area contributed by atoms with E-state index in [1.165, 1.54) is 31.9 Å². The van der Waals surface area contributed by atoms with Gasteiger partial charge in [0.25, 0.3) is 0 Å². The zero-order valence-corrected chi connectivity index (χ0v) is 32.4. The minimum Gasteiger partial charge on any atom is -0.481 e. The minimum absolute atomic E-state index is 0.00799. The number of hydrogen-bond donors (Lipinski definition) is 3. The predicted octanol–water partition coefficient (Wildman–Crippen LogP) is 6.26. The maximum Gasteiger partial charge on any atom is 0.309 e. The highest BCUT2D eigenvalue weighted by molar-refractivity contribution is 5.74. The van der Waals surface area contributed by atoms with Gasteiger partial charge in [-0.05, 0) is 107 Å². The van der Waals surface area contributed by atoms with Gasteiger partial charge in [0.15, 0.2) is 0 Å². The lowest BCUT2D eigenvalue weighted by atomic mass is 9.43. The van der Waals surface area contributed by atoms with Crippen LogP contribution in [-0.4, -0.2) is 75.0 Å². The Bertz CT molecular complexity index is 1440. The fourth-order valence-electron chi connectivity index (χ4n) is 11.9. The molecular formula is C40H62O11. The molecule has 0 aromatic carbocycles. The van der Waals surface area contributed by atoms with Gasteiger partial charge in [-0.3, -0.25) is 19.2 Å². The van der Waals surface area contributed by atoms with Gasteiger partial charge >= 0.3 is 23.9 Å². The highest BCUT2D eigenvalue weighted by atomic mass is 16.7. The van der Waals surface area contributed by atoms with Crippen LogP contribution in [0.1, 0.15) is 140 Å². The van der Waals surface area contributed by atoms with Crippen molar-refractivity contribution >= 4 is 23.9 Å². The Labute approximate surface area is 303 Å². The molecule has 0 aromatic heterocycles. The summed E-state index contributed by atoms with van der Waals surface area (Å²) in [5, 5.41) is 30.6. The van der Waals surface area contributed by atoms with Gasteiger partial charge in [-0.2, -0.15) is 0 Å². The fourth-order valence-corrected chi connectivity index (χ4v) is 11.9. The average Bonchev–Trinajstić information content (AvgIpc) is 3.24. The van der Waals surface area contributed by atoms with E-state index in [0.717, 1.165) is 44.9 Å². The Balaban J connectivity index is 1.48. The summed E-state index contributed by atoms with van der Waals surface area (Å²) in [6, 6.07) is 0. The number of allylic oxidation sites excluding steroid dienone is 2. The van der Waals surface area contributed by atoms with Crippen LogP contribution in [0.5, 0.6) is 0 Å². The van der Waals surface area contributed by atoms with Crippen molar-refractivity contribution in [3.8, 4) is 0 Å². The summed E-state index contributed by atoms with van der Waals surface area (Å²) in [4.78, 5) is 49.3.